The predicted octanol–water partition coefficient (Wildman–Crippen LogP) is 7.44. The van der Waals surface area contributed by atoms with Gasteiger partial charge >= 0.3 is 12.2 Å². The molecule has 0 bridgehead atoms. The molecule has 2 aliphatic heterocycles. The van der Waals surface area contributed by atoms with Gasteiger partial charge in [0.05, 0.1) is 6.04 Å². The van der Waals surface area contributed by atoms with Crippen molar-refractivity contribution >= 4 is 23.9 Å². The minimum Gasteiger partial charge on any atom is -0.445 e. The van der Waals surface area contributed by atoms with Gasteiger partial charge in [0.15, 0.2) is 5.78 Å². The molecule has 49 heavy (non-hydrogen) atoms. The quantitative estimate of drug-likeness (QED) is 0.123. The average molecular weight is 676 g/mol. The number of nitrogens with zero attached hydrogens (tertiary/aromatic N) is 2. The van der Waals surface area contributed by atoms with Crippen LogP contribution in [0.15, 0.2) is 84.9 Å². The van der Waals surface area contributed by atoms with Crippen molar-refractivity contribution in [2.45, 2.75) is 103 Å². The Morgan fingerprint density at radius 1 is 0.714 bits per heavy atom. The Labute approximate surface area is 287 Å². The van der Waals surface area contributed by atoms with Gasteiger partial charge in [0.1, 0.15) is 25.1 Å². The molecule has 5 rings (SSSR count). The standard InChI is InChI=1S/C22H24FNO3.C16H22N2O4/c1-2-7-19-12-13-20(21(25)17-10-6-11-18(23)14-17)24(19)22(26)27-15-16-8-4-3-5-9-16;1-2-6-13-9-10-14(15(19)17-21)18(13)16(20)22-11-12-7-4-3-5-8-12/h3-6,8-11,14,19-20H,2,7,12-13,15H2,1H3;3-5,7-8,13-14,21H,2,6,9-11H2,1H3,(H,17,19)/t19-,20-;13-,14?/m00/s1. The summed E-state index contributed by atoms with van der Waals surface area (Å²) in [5.41, 5.74) is 3.72. The summed E-state index contributed by atoms with van der Waals surface area (Å²) in [6.45, 7) is 4.42. The van der Waals surface area contributed by atoms with Gasteiger partial charge in [-0.2, -0.15) is 0 Å². The fourth-order valence-corrected chi connectivity index (χ4v) is 6.56. The molecule has 0 aliphatic carbocycles. The number of likely N-dealkylation sites (tertiary alicyclic amines) is 2. The van der Waals surface area contributed by atoms with Crippen molar-refractivity contribution < 1.29 is 38.2 Å². The minimum absolute atomic E-state index is 0.0180. The van der Waals surface area contributed by atoms with Crippen molar-refractivity contribution in [2.75, 3.05) is 0 Å². The van der Waals surface area contributed by atoms with Crippen LogP contribution in [-0.4, -0.2) is 63.1 Å². The van der Waals surface area contributed by atoms with Crippen LogP contribution in [0.1, 0.15) is 86.7 Å². The summed E-state index contributed by atoms with van der Waals surface area (Å²) in [4.78, 5) is 52.9. The monoisotopic (exact) mass is 675 g/mol. The van der Waals surface area contributed by atoms with Gasteiger partial charge in [0.25, 0.3) is 5.91 Å². The predicted molar refractivity (Wildman–Crippen MR) is 181 cm³/mol. The molecule has 3 aromatic rings. The van der Waals surface area contributed by atoms with Crippen molar-refractivity contribution in [3.05, 3.63) is 107 Å². The number of ether oxygens (including phenoxy) is 2. The Kier molecular flexibility index (Phi) is 14.1. The van der Waals surface area contributed by atoms with Crippen LogP contribution in [0.3, 0.4) is 0 Å². The van der Waals surface area contributed by atoms with E-state index in [2.05, 4.69) is 6.92 Å². The highest BCUT2D eigenvalue weighted by molar-refractivity contribution is 6.01. The van der Waals surface area contributed by atoms with Gasteiger partial charge in [-0.05, 0) is 61.8 Å². The van der Waals surface area contributed by atoms with E-state index < -0.39 is 36.0 Å². The summed E-state index contributed by atoms with van der Waals surface area (Å²) in [5, 5.41) is 8.84. The molecule has 1 unspecified atom stereocenters. The molecule has 2 fully saturated rings. The molecule has 2 heterocycles. The Balaban J connectivity index is 0.000000226. The molecule has 3 aromatic carbocycles. The number of halogens is 1. The number of hydrogen-bond donors (Lipinski definition) is 2. The maximum Gasteiger partial charge on any atom is 0.411 e. The summed E-state index contributed by atoms with van der Waals surface area (Å²) in [6, 6.07) is 23.1. The van der Waals surface area contributed by atoms with Gasteiger partial charge in [-0.15, -0.1) is 0 Å². The third-order valence-corrected chi connectivity index (χ3v) is 8.91. The first kappa shape index (κ1) is 37.1. The molecule has 4 atom stereocenters. The van der Waals surface area contributed by atoms with Gasteiger partial charge in [-0.1, -0.05) is 99.5 Å². The van der Waals surface area contributed by atoms with E-state index in [1.807, 2.05) is 67.6 Å². The van der Waals surface area contributed by atoms with Crippen LogP contribution in [-0.2, 0) is 27.5 Å². The number of hydroxylamine groups is 1. The van der Waals surface area contributed by atoms with E-state index >= 15 is 0 Å². The van der Waals surface area contributed by atoms with Gasteiger partial charge in [-0.25, -0.2) is 19.5 Å². The molecule has 11 heteroatoms. The van der Waals surface area contributed by atoms with E-state index in [0.29, 0.717) is 12.8 Å². The van der Waals surface area contributed by atoms with Crippen LogP contribution in [0.5, 0.6) is 0 Å². The summed E-state index contributed by atoms with van der Waals surface area (Å²) in [6.07, 6.45) is 5.07. The number of carbonyl (C=O) groups is 4. The molecule has 3 amide bonds. The maximum absolute atomic E-state index is 13.5. The first-order valence-corrected chi connectivity index (χ1v) is 17.0. The van der Waals surface area contributed by atoms with E-state index in [-0.39, 0.29) is 36.6 Å². The fraction of sp³-hybridized carbons (Fsp3) is 0.421. The van der Waals surface area contributed by atoms with Crippen LogP contribution >= 0.6 is 0 Å². The summed E-state index contributed by atoms with van der Waals surface area (Å²) >= 11 is 0. The lowest BCUT2D eigenvalue weighted by atomic mass is 10.0. The van der Waals surface area contributed by atoms with Gasteiger partial charge < -0.3 is 9.47 Å². The molecular weight excluding hydrogens is 629 g/mol. The smallest absolute Gasteiger partial charge is 0.411 e. The summed E-state index contributed by atoms with van der Waals surface area (Å²) < 4.78 is 24.3. The van der Waals surface area contributed by atoms with Crippen LogP contribution in [0, 0.1) is 5.82 Å². The van der Waals surface area contributed by atoms with Gasteiger partial charge in [0, 0.05) is 17.6 Å². The second-order valence-corrected chi connectivity index (χ2v) is 12.3. The molecule has 262 valence electrons. The molecule has 10 nitrogen and oxygen atoms in total. The molecule has 2 saturated heterocycles. The first-order valence-electron chi connectivity index (χ1n) is 17.0. The van der Waals surface area contributed by atoms with Crippen LogP contribution in [0.4, 0.5) is 14.0 Å². The van der Waals surface area contributed by atoms with E-state index in [4.69, 9.17) is 14.7 Å². The number of hydrogen-bond acceptors (Lipinski definition) is 7. The number of amides is 3. The zero-order chi connectivity index (χ0) is 35.2. The zero-order valence-corrected chi connectivity index (χ0v) is 28.1. The third kappa shape index (κ3) is 10.1. The molecule has 2 N–H and O–H groups in total. The van der Waals surface area contributed by atoms with Crippen LogP contribution < -0.4 is 5.48 Å². The zero-order valence-electron chi connectivity index (χ0n) is 28.1. The molecule has 2 aliphatic rings. The number of nitrogens with one attached hydrogen (secondary N) is 1. The van der Waals surface area contributed by atoms with Gasteiger partial charge in [-0.3, -0.25) is 24.6 Å². The molecule has 0 saturated carbocycles. The Morgan fingerprint density at radius 2 is 1.20 bits per heavy atom. The Morgan fingerprint density at radius 3 is 1.67 bits per heavy atom. The van der Waals surface area contributed by atoms with Crippen molar-refractivity contribution in [3.8, 4) is 0 Å². The van der Waals surface area contributed by atoms with E-state index in [1.165, 1.54) is 23.1 Å². The number of benzene rings is 3. The molecule has 0 aromatic heterocycles. The fourth-order valence-electron chi connectivity index (χ4n) is 6.56. The van der Waals surface area contributed by atoms with Crippen molar-refractivity contribution in [1.29, 1.82) is 0 Å². The van der Waals surface area contributed by atoms with Crippen molar-refractivity contribution in [2.24, 2.45) is 0 Å². The number of rotatable bonds is 11. The average Bonchev–Trinajstić information content (AvgIpc) is 3.75. The van der Waals surface area contributed by atoms with E-state index in [9.17, 15) is 23.6 Å². The number of ketones is 1. The highest BCUT2D eigenvalue weighted by atomic mass is 19.1. The van der Waals surface area contributed by atoms with E-state index in [1.54, 1.807) is 16.4 Å². The highest BCUT2D eigenvalue weighted by Crippen LogP contribution is 2.31. The topological polar surface area (TPSA) is 125 Å². The highest BCUT2D eigenvalue weighted by Gasteiger charge is 2.42. The lowest BCUT2D eigenvalue weighted by Crippen LogP contribution is -2.48. The second-order valence-electron chi connectivity index (χ2n) is 12.3. The lowest BCUT2D eigenvalue weighted by Gasteiger charge is -2.29. The van der Waals surface area contributed by atoms with Crippen LogP contribution in [0.25, 0.3) is 0 Å². The molecule has 0 spiro atoms. The third-order valence-electron chi connectivity index (χ3n) is 8.91. The number of carbonyl (C=O) groups excluding carboxylic acids is 4. The SMILES string of the molecule is CCC[C@H]1CCC(C(=O)NO)N1C(=O)OCc1ccccc1.CCC[C@H]1CC[C@@H](C(=O)c2cccc(F)c2)N1C(=O)OCc1ccccc1. The normalized spacial score (nSPS) is 19.8. The van der Waals surface area contributed by atoms with Crippen molar-refractivity contribution in [1.82, 2.24) is 15.3 Å². The van der Waals surface area contributed by atoms with Gasteiger partial charge in [0.2, 0.25) is 0 Å². The first-order chi connectivity index (χ1) is 23.8. The number of Topliss-reactive ketones (excluding diaryl/α,β-unsaturated/α-hetero) is 1. The van der Waals surface area contributed by atoms with Crippen molar-refractivity contribution in [3.63, 3.8) is 0 Å². The lowest BCUT2D eigenvalue weighted by molar-refractivity contribution is -0.133. The maximum atomic E-state index is 13.5. The molecule has 0 radical (unpaired) electrons. The van der Waals surface area contributed by atoms with Crippen LogP contribution in [0.2, 0.25) is 0 Å². The minimum atomic E-state index is -0.662. The summed E-state index contributed by atoms with van der Waals surface area (Å²) in [5.74, 6) is -1.25. The molecular formula is C38H46FN3O7. The van der Waals surface area contributed by atoms with E-state index in [0.717, 1.165) is 49.7 Å². The Hall–Kier alpha value is -4.77. The second kappa shape index (κ2) is 18.7. The summed E-state index contributed by atoms with van der Waals surface area (Å²) in [7, 11) is 0. The largest absolute Gasteiger partial charge is 0.445 e. The Bertz CT molecular complexity index is 1520.